The molecule has 0 aliphatic carbocycles. The third-order valence-electron chi connectivity index (χ3n) is 3.00. The summed E-state index contributed by atoms with van der Waals surface area (Å²) in [4.78, 5) is 14.9. The Bertz CT molecular complexity index is 519. The van der Waals surface area contributed by atoms with Gasteiger partial charge in [-0.05, 0) is 37.5 Å². The fourth-order valence-electron chi connectivity index (χ4n) is 2.02. The zero-order valence-corrected chi connectivity index (χ0v) is 11.2. The number of carbonyl (C=O) groups is 1. The molecule has 4 heteroatoms. The maximum Gasteiger partial charge on any atom is 0.153 e. The predicted octanol–water partition coefficient (Wildman–Crippen LogP) is 2.74. The van der Waals surface area contributed by atoms with Gasteiger partial charge >= 0.3 is 0 Å². The molecule has 2 heterocycles. The van der Waals surface area contributed by atoms with Gasteiger partial charge < -0.3 is 4.79 Å². The molecule has 2 aromatic rings. The SMILES string of the molecule is CCCCc1cc(CCC=O)n(-c2ccccn2)n1. The molecule has 0 fully saturated rings. The van der Waals surface area contributed by atoms with E-state index in [1.807, 2.05) is 22.9 Å². The zero-order chi connectivity index (χ0) is 13.5. The number of aromatic nitrogens is 3. The molecular formula is C15H19N3O. The lowest BCUT2D eigenvalue weighted by Crippen LogP contribution is -2.04. The van der Waals surface area contributed by atoms with Gasteiger partial charge in [0.1, 0.15) is 6.29 Å². The molecule has 0 aliphatic rings. The molecule has 0 amide bonds. The number of unbranched alkanes of at least 4 members (excludes halogenated alkanes) is 1. The van der Waals surface area contributed by atoms with Crippen LogP contribution in [-0.2, 0) is 17.6 Å². The number of aryl methyl sites for hydroxylation is 2. The fourth-order valence-corrected chi connectivity index (χ4v) is 2.02. The molecule has 2 aromatic heterocycles. The number of carbonyl (C=O) groups excluding carboxylic acids is 1. The Labute approximate surface area is 113 Å². The summed E-state index contributed by atoms with van der Waals surface area (Å²) in [5, 5.41) is 4.61. The van der Waals surface area contributed by atoms with E-state index in [4.69, 9.17) is 0 Å². The van der Waals surface area contributed by atoms with Crippen LogP contribution in [0.2, 0.25) is 0 Å². The average Bonchev–Trinajstić information content (AvgIpc) is 2.87. The molecule has 0 aliphatic heterocycles. The molecule has 0 bridgehead atoms. The van der Waals surface area contributed by atoms with E-state index < -0.39 is 0 Å². The third kappa shape index (κ3) is 3.50. The molecule has 100 valence electrons. The standard InChI is InChI=1S/C15H19N3O/c1-2-3-7-13-12-14(8-6-11-19)18(17-13)15-9-4-5-10-16-15/h4-5,9-12H,2-3,6-8H2,1H3. The van der Waals surface area contributed by atoms with Crippen LogP contribution in [0.1, 0.15) is 37.6 Å². The molecule has 0 aromatic carbocycles. The molecule has 0 atom stereocenters. The highest BCUT2D eigenvalue weighted by atomic mass is 16.1. The topological polar surface area (TPSA) is 47.8 Å². The summed E-state index contributed by atoms with van der Waals surface area (Å²) in [6.45, 7) is 2.17. The van der Waals surface area contributed by atoms with Crippen molar-refractivity contribution in [1.29, 1.82) is 0 Å². The number of hydrogen-bond acceptors (Lipinski definition) is 3. The first-order valence-corrected chi connectivity index (χ1v) is 6.78. The van der Waals surface area contributed by atoms with E-state index in [0.29, 0.717) is 12.8 Å². The Balaban J connectivity index is 2.28. The Kier molecular flexibility index (Phi) is 4.84. The lowest BCUT2D eigenvalue weighted by Gasteiger charge is -2.04. The molecule has 19 heavy (non-hydrogen) atoms. The van der Waals surface area contributed by atoms with Crippen molar-refractivity contribution >= 4 is 6.29 Å². The van der Waals surface area contributed by atoms with Gasteiger partial charge in [-0.1, -0.05) is 19.4 Å². The summed E-state index contributed by atoms with van der Waals surface area (Å²) in [7, 11) is 0. The molecule has 0 N–H and O–H groups in total. The highest BCUT2D eigenvalue weighted by Crippen LogP contribution is 2.14. The van der Waals surface area contributed by atoms with Crippen molar-refractivity contribution < 1.29 is 4.79 Å². The first-order chi connectivity index (χ1) is 9.35. The van der Waals surface area contributed by atoms with Gasteiger partial charge in [-0.2, -0.15) is 5.10 Å². The van der Waals surface area contributed by atoms with Gasteiger partial charge in [-0.25, -0.2) is 9.67 Å². The van der Waals surface area contributed by atoms with Gasteiger partial charge in [0.15, 0.2) is 5.82 Å². The average molecular weight is 257 g/mol. The van der Waals surface area contributed by atoms with Crippen molar-refractivity contribution in [2.45, 2.75) is 39.0 Å². The van der Waals surface area contributed by atoms with E-state index in [1.54, 1.807) is 6.20 Å². The Hall–Kier alpha value is -1.97. The van der Waals surface area contributed by atoms with E-state index in [-0.39, 0.29) is 0 Å². The maximum atomic E-state index is 10.6. The lowest BCUT2D eigenvalue weighted by molar-refractivity contribution is -0.107. The van der Waals surface area contributed by atoms with Crippen molar-refractivity contribution in [2.24, 2.45) is 0 Å². The highest BCUT2D eigenvalue weighted by Gasteiger charge is 2.09. The Morgan fingerprint density at radius 2 is 2.21 bits per heavy atom. The van der Waals surface area contributed by atoms with Crippen molar-refractivity contribution in [2.75, 3.05) is 0 Å². The maximum absolute atomic E-state index is 10.6. The van der Waals surface area contributed by atoms with Crippen LogP contribution in [0.3, 0.4) is 0 Å². The van der Waals surface area contributed by atoms with Crippen LogP contribution in [0.4, 0.5) is 0 Å². The fraction of sp³-hybridized carbons (Fsp3) is 0.400. The van der Waals surface area contributed by atoms with Gasteiger partial charge in [-0.15, -0.1) is 0 Å². The highest BCUT2D eigenvalue weighted by molar-refractivity contribution is 5.50. The summed E-state index contributed by atoms with van der Waals surface area (Å²) in [5.74, 6) is 0.811. The predicted molar refractivity (Wildman–Crippen MR) is 74.4 cm³/mol. The van der Waals surface area contributed by atoms with Crippen LogP contribution < -0.4 is 0 Å². The summed E-state index contributed by atoms with van der Waals surface area (Å²) >= 11 is 0. The molecule has 2 rings (SSSR count). The number of rotatable bonds is 7. The van der Waals surface area contributed by atoms with Crippen LogP contribution in [0.25, 0.3) is 5.82 Å². The van der Waals surface area contributed by atoms with Gasteiger partial charge in [0.2, 0.25) is 0 Å². The minimum absolute atomic E-state index is 0.520. The van der Waals surface area contributed by atoms with E-state index >= 15 is 0 Å². The summed E-state index contributed by atoms with van der Waals surface area (Å²) in [6.07, 6.45) is 7.19. The molecule has 4 nitrogen and oxygen atoms in total. The van der Waals surface area contributed by atoms with E-state index in [2.05, 4.69) is 23.1 Å². The van der Waals surface area contributed by atoms with Crippen LogP contribution >= 0.6 is 0 Å². The van der Waals surface area contributed by atoms with Crippen molar-refractivity contribution in [3.05, 3.63) is 41.9 Å². The zero-order valence-electron chi connectivity index (χ0n) is 11.2. The molecular weight excluding hydrogens is 238 g/mol. The summed E-state index contributed by atoms with van der Waals surface area (Å²) in [6, 6.07) is 7.85. The van der Waals surface area contributed by atoms with Gasteiger partial charge in [0, 0.05) is 18.3 Å². The van der Waals surface area contributed by atoms with Crippen molar-refractivity contribution in [3.8, 4) is 5.82 Å². The molecule has 0 spiro atoms. The van der Waals surface area contributed by atoms with Crippen molar-refractivity contribution in [1.82, 2.24) is 14.8 Å². The number of hydrogen-bond donors (Lipinski definition) is 0. The normalized spacial score (nSPS) is 10.6. The van der Waals surface area contributed by atoms with E-state index in [9.17, 15) is 4.79 Å². The molecule has 0 radical (unpaired) electrons. The molecule has 0 unspecified atom stereocenters. The second-order valence-electron chi connectivity index (χ2n) is 4.54. The largest absolute Gasteiger partial charge is 0.303 e. The molecule has 0 saturated heterocycles. The van der Waals surface area contributed by atoms with E-state index in [1.165, 1.54) is 0 Å². The van der Waals surface area contributed by atoms with Crippen LogP contribution in [-0.4, -0.2) is 21.1 Å². The minimum Gasteiger partial charge on any atom is -0.303 e. The second kappa shape index (κ2) is 6.83. The van der Waals surface area contributed by atoms with Crippen LogP contribution in [0.5, 0.6) is 0 Å². The quantitative estimate of drug-likeness (QED) is 0.716. The second-order valence-corrected chi connectivity index (χ2v) is 4.54. The van der Waals surface area contributed by atoms with Gasteiger partial charge in [0.05, 0.1) is 5.69 Å². The Morgan fingerprint density at radius 1 is 1.32 bits per heavy atom. The smallest absolute Gasteiger partial charge is 0.153 e. The van der Waals surface area contributed by atoms with E-state index in [0.717, 1.165) is 42.8 Å². The Morgan fingerprint density at radius 3 is 2.89 bits per heavy atom. The summed E-state index contributed by atoms with van der Waals surface area (Å²) in [5.41, 5.74) is 2.13. The lowest BCUT2D eigenvalue weighted by atomic mass is 10.2. The number of pyridine rings is 1. The molecule has 0 saturated carbocycles. The van der Waals surface area contributed by atoms with Gasteiger partial charge in [0.25, 0.3) is 0 Å². The van der Waals surface area contributed by atoms with Crippen LogP contribution in [0.15, 0.2) is 30.5 Å². The minimum atomic E-state index is 0.520. The monoisotopic (exact) mass is 257 g/mol. The number of nitrogens with zero attached hydrogens (tertiary/aromatic N) is 3. The van der Waals surface area contributed by atoms with Crippen LogP contribution in [0, 0.1) is 0 Å². The van der Waals surface area contributed by atoms with Crippen molar-refractivity contribution in [3.63, 3.8) is 0 Å². The first-order valence-electron chi connectivity index (χ1n) is 6.78. The number of aldehydes is 1. The first kappa shape index (κ1) is 13.5. The third-order valence-corrected chi connectivity index (χ3v) is 3.00. The van der Waals surface area contributed by atoms with Gasteiger partial charge in [-0.3, -0.25) is 0 Å². The summed E-state index contributed by atoms with van der Waals surface area (Å²) < 4.78 is 1.86.